The molecule has 2 aliphatic rings. The van der Waals surface area contributed by atoms with Crippen LogP contribution < -0.4 is 5.32 Å². The van der Waals surface area contributed by atoms with Crippen molar-refractivity contribution in [1.29, 1.82) is 0 Å². The van der Waals surface area contributed by atoms with Gasteiger partial charge < -0.3 is 15.3 Å². The van der Waals surface area contributed by atoms with E-state index in [2.05, 4.69) is 24.1 Å². The number of halogens is 4. The molecule has 1 aliphatic heterocycles. The second kappa shape index (κ2) is 10.5. The third-order valence-corrected chi connectivity index (χ3v) is 8.16. The van der Waals surface area contributed by atoms with E-state index in [0.717, 1.165) is 37.0 Å². The fourth-order valence-electron chi connectivity index (χ4n) is 4.94. The molecule has 190 valence electrons. The molecule has 1 fully saturated rings. The van der Waals surface area contributed by atoms with Gasteiger partial charge in [0.1, 0.15) is 0 Å². The number of carbonyl (C=O) groups is 1. The van der Waals surface area contributed by atoms with Crippen molar-refractivity contribution >= 4 is 23.1 Å². The Morgan fingerprint density at radius 2 is 2.15 bits per heavy atom. The number of rotatable bonds is 8. The predicted molar refractivity (Wildman–Crippen MR) is 127 cm³/mol. The summed E-state index contributed by atoms with van der Waals surface area (Å²) in [5.41, 5.74) is -0.540. The van der Waals surface area contributed by atoms with E-state index < -0.39 is 22.6 Å². The number of aliphatic hydroxyl groups excluding tert-OH is 1. The molecule has 1 amide bonds. The Morgan fingerprint density at radius 3 is 2.71 bits per heavy atom. The van der Waals surface area contributed by atoms with E-state index in [1.165, 1.54) is 6.20 Å². The highest BCUT2D eigenvalue weighted by Gasteiger charge is 2.49. The molecule has 0 saturated heterocycles. The smallest absolute Gasteiger partial charge is 0.396 e. The van der Waals surface area contributed by atoms with Crippen LogP contribution >= 0.6 is 11.6 Å². The van der Waals surface area contributed by atoms with Crippen LogP contribution in [0.15, 0.2) is 24.4 Å². The summed E-state index contributed by atoms with van der Waals surface area (Å²) in [6.45, 7) is 7.49. The Morgan fingerprint density at radius 1 is 1.41 bits per heavy atom. The quantitative estimate of drug-likeness (QED) is 0.505. The van der Waals surface area contributed by atoms with Crippen LogP contribution in [-0.4, -0.2) is 59.1 Å². The fourth-order valence-corrected chi connectivity index (χ4v) is 5.11. The second-order valence-corrected chi connectivity index (χ2v) is 10.7. The molecule has 1 aliphatic carbocycles. The van der Waals surface area contributed by atoms with E-state index in [0.29, 0.717) is 37.6 Å². The van der Waals surface area contributed by atoms with Crippen LogP contribution in [0.4, 0.5) is 13.2 Å². The number of nitrogens with zero attached hydrogens (tertiary/aromatic N) is 2. The average molecular weight is 502 g/mol. The second-order valence-electron chi connectivity index (χ2n) is 10.4. The number of amides is 1. The zero-order valence-corrected chi connectivity index (χ0v) is 20.8. The Labute approximate surface area is 204 Å². The summed E-state index contributed by atoms with van der Waals surface area (Å²) < 4.78 is 39.2. The lowest BCUT2D eigenvalue weighted by molar-refractivity contribution is -0.144. The summed E-state index contributed by atoms with van der Waals surface area (Å²) in [5.74, 6) is 0.613. The Hall–Kier alpha value is -1.64. The number of carbonyl (C=O) groups excluding carboxylic acids is 1. The summed E-state index contributed by atoms with van der Waals surface area (Å²) in [4.78, 5) is 19.6. The molecule has 3 atom stereocenters. The predicted octanol–water partition coefficient (Wildman–Crippen LogP) is 4.74. The van der Waals surface area contributed by atoms with Crippen LogP contribution in [0.25, 0.3) is 5.57 Å². The normalized spacial score (nSPS) is 25.4. The SMILES string of the molecule is CC(C)[C@]1(C(=O)N2CC=C(c3cc(C(F)(F)F)ccn3)CC2)CC[C@@H](NCC(C)(CO)CCl)C1. The minimum atomic E-state index is -4.41. The maximum atomic E-state index is 13.7. The van der Waals surface area contributed by atoms with Gasteiger partial charge in [0.05, 0.1) is 23.3 Å². The van der Waals surface area contributed by atoms with E-state index in [4.69, 9.17) is 11.6 Å². The first-order valence-electron chi connectivity index (χ1n) is 11.9. The van der Waals surface area contributed by atoms with E-state index in [1.54, 1.807) is 0 Å². The number of hydrogen-bond acceptors (Lipinski definition) is 4. The Bertz CT molecular complexity index is 902. The maximum absolute atomic E-state index is 13.7. The number of hydrogen-bond donors (Lipinski definition) is 2. The molecular formula is C25H35ClF3N3O2. The Balaban J connectivity index is 1.68. The Kier molecular flexibility index (Phi) is 8.36. The lowest BCUT2D eigenvalue weighted by Crippen LogP contribution is -2.48. The number of pyridine rings is 1. The first-order chi connectivity index (χ1) is 15.9. The van der Waals surface area contributed by atoms with Gasteiger partial charge in [0.2, 0.25) is 5.91 Å². The average Bonchev–Trinajstić information content (AvgIpc) is 3.27. The van der Waals surface area contributed by atoms with E-state index in [-0.39, 0.29) is 24.5 Å². The molecule has 1 unspecified atom stereocenters. The van der Waals surface area contributed by atoms with E-state index >= 15 is 0 Å². The van der Waals surface area contributed by atoms with Crippen molar-refractivity contribution in [2.45, 2.75) is 58.7 Å². The highest BCUT2D eigenvalue weighted by atomic mass is 35.5. The summed E-state index contributed by atoms with van der Waals surface area (Å²) in [6.07, 6.45) is 1.44. The highest BCUT2D eigenvalue weighted by Crippen LogP contribution is 2.46. The number of aromatic nitrogens is 1. The molecular weight excluding hydrogens is 467 g/mol. The molecule has 0 spiro atoms. The number of aliphatic hydroxyl groups is 1. The minimum Gasteiger partial charge on any atom is -0.396 e. The van der Waals surface area contributed by atoms with E-state index in [1.807, 2.05) is 17.9 Å². The fraction of sp³-hybridized carbons (Fsp3) is 0.680. The number of nitrogens with one attached hydrogen (secondary N) is 1. The van der Waals surface area contributed by atoms with Gasteiger partial charge in [0, 0.05) is 43.2 Å². The van der Waals surface area contributed by atoms with Crippen LogP contribution in [0.3, 0.4) is 0 Å². The molecule has 2 heterocycles. The molecule has 3 rings (SSSR count). The van der Waals surface area contributed by atoms with E-state index in [9.17, 15) is 23.1 Å². The van der Waals surface area contributed by atoms with Gasteiger partial charge in [-0.2, -0.15) is 13.2 Å². The van der Waals surface area contributed by atoms with Crippen molar-refractivity contribution in [3.63, 3.8) is 0 Å². The first-order valence-corrected chi connectivity index (χ1v) is 12.4. The highest BCUT2D eigenvalue weighted by molar-refractivity contribution is 6.18. The molecule has 34 heavy (non-hydrogen) atoms. The molecule has 9 heteroatoms. The largest absolute Gasteiger partial charge is 0.416 e. The van der Waals surface area contributed by atoms with Crippen LogP contribution in [-0.2, 0) is 11.0 Å². The third-order valence-electron chi connectivity index (χ3n) is 7.52. The van der Waals surface area contributed by atoms with Gasteiger partial charge in [-0.3, -0.25) is 9.78 Å². The maximum Gasteiger partial charge on any atom is 0.416 e. The van der Waals surface area contributed by atoms with Crippen molar-refractivity contribution in [3.05, 3.63) is 35.7 Å². The number of alkyl halides is 4. The molecule has 2 N–H and O–H groups in total. The summed E-state index contributed by atoms with van der Waals surface area (Å²) in [7, 11) is 0. The van der Waals surface area contributed by atoms with Gasteiger partial charge in [-0.1, -0.05) is 26.8 Å². The van der Waals surface area contributed by atoms with Crippen LogP contribution in [0.1, 0.15) is 57.7 Å². The summed E-state index contributed by atoms with van der Waals surface area (Å²) in [5, 5.41) is 13.1. The van der Waals surface area contributed by atoms with Gasteiger partial charge >= 0.3 is 6.18 Å². The van der Waals surface area contributed by atoms with Gasteiger partial charge in [-0.15, -0.1) is 11.6 Å². The lowest BCUT2D eigenvalue weighted by atomic mass is 9.74. The first kappa shape index (κ1) is 27.0. The molecule has 0 aromatic carbocycles. The van der Waals surface area contributed by atoms with Crippen molar-refractivity contribution < 1.29 is 23.1 Å². The van der Waals surface area contributed by atoms with Gasteiger partial charge in [-0.05, 0) is 49.3 Å². The van der Waals surface area contributed by atoms with Gasteiger partial charge in [0.25, 0.3) is 0 Å². The van der Waals surface area contributed by atoms with Crippen molar-refractivity contribution in [2.75, 3.05) is 32.1 Å². The molecule has 1 aromatic heterocycles. The molecule has 0 radical (unpaired) electrons. The monoisotopic (exact) mass is 501 g/mol. The van der Waals surface area contributed by atoms with Gasteiger partial charge in [-0.25, -0.2) is 0 Å². The van der Waals surface area contributed by atoms with Crippen molar-refractivity contribution in [1.82, 2.24) is 15.2 Å². The molecule has 5 nitrogen and oxygen atoms in total. The standard InChI is InChI=1S/C25H35ClF3N3O2/c1-17(2)24(8-4-20(13-24)31-15-23(3,14-26)16-33)22(34)32-10-6-18(7-11-32)21-12-19(5-9-30-21)25(27,28)29/h5-6,9,12,17,20,31,33H,4,7-8,10-11,13-16H2,1-3H3/t20-,23?,24+/m1/s1. The summed E-state index contributed by atoms with van der Waals surface area (Å²) >= 11 is 6.01. The molecule has 0 bridgehead atoms. The molecule has 1 aromatic rings. The van der Waals surface area contributed by atoms with Crippen molar-refractivity contribution in [2.24, 2.45) is 16.7 Å². The zero-order valence-electron chi connectivity index (χ0n) is 20.1. The minimum absolute atomic E-state index is 0.00629. The van der Waals surface area contributed by atoms with Crippen LogP contribution in [0.5, 0.6) is 0 Å². The van der Waals surface area contributed by atoms with Crippen LogP contribution in [0, 0.1) is 16.7 Å². The third kappa shape index (κ3) is 5.77. The summed E-state index contributed by atoms with van der Waals surface area (Å²) in [6, 6.07) is 2.22. The van der Waals surface area contributed by atoms with Crippen LogP contribution in [0.2, 0.25) is 0 Å². The van der Waals surface area contributed by atoms with Crippen molar-refractivity contribution in [3.8, 4) is 0 Å². The lowest BCUT2D eigenvalue weighted by Gasteiger charge is -2.39. The topological polar surface area (TPSA) is 65.5 Å². The zero-order chi connectivity index (χ0) is 25.1. The molecule has 1 saturated carbocycles. The van der Waals surface area contributed by atoms with Gasteiger partial charge in [0.15, 0.2) is 0 Å².